The van der Waals surface area contributed by atoms with Crippen molar-refractivity contribution in [3.05, 3.63) is 17.6 Å². The third kappa shape index (κ3) is 5.14. The molecule has 138 valence electrons. The predicted molar refractivity (Wildman–Crippen MR) is 96.4 cm³/mol. The van der Waals surface area contributed by atoms with E-state index in [1.807, 2.05) is 0 Å². The van der Waals surface area contributed by atoms with E-state index in [1.165, 1.54) is 12.8 Å². The van der Waals surface area contributed by atoms with Gasteiger partial charge in [0, 0.05) is 18.2 Å². The standard InChI is InChI=1S/C17H26N4O3S/c1-12-18-15(17(22)21-13-6-4-2-3-5-7-13)10-16(19-12)20-14-8-9-25(23,24)11-14/h10,13-14H,2-9,11H2,1H3,(H,21,22)(H,18,19,20). The van der Waals surface area contributed by atoms with Crippen molar-refractivity contribution in [1.82, 2.24) is 15.3 Å². The number of carbonyl (C=O) groups is 1. The summed E-state index contributed by atoms with van der Waals surface area (Å²) in [5.41, 5.74) is 0.333. The Labute approximate surface area is 148 Å². The minimum Gasteiger partial charge on any atom is -0.366 e. The number of hydrogen-bond acceptors (Lipinski definition) is 6. The zero-order valence-electron chi connectivity index (χ0n) is 14.6. The van der Waals surface area contributed by atoms with E-state index in [-0.39, 0.29) is 29.5 Å². The van der Waals surface area contributed by atoms with Crippen molar-refractivity contribution < 1.29 is 13.2 Å². The number of amides is 1. The topological polar surface area (TPSA) is 101 Å². The molecular formula is C17H26N4O3S. The van der Waals surface area contributed by atoms with E-state index in [0.29, 0.717) is 23.8 Å². The lowest BCUT2D eigenvalue weighted by atomic mass is 10.1. The van der Waals surface area contributed by atoms with E-state index in [1.54, 1.807) is 13.0 Å². The molecule has 0 aromatic carbocycles. The van der Waals surface area contributed by atoms with E-state index in [0.717, 1.165) is 25.7 Å². The average Bonchev–Trinajstić information content (AvgIpc) is 2.74. The summed E-state index contributed by atoms with van der Waals surface area (Å²) in [7, 11) is -2.96. The monoisotopic (exact) mass is 366 g/mol. The second-order valence-electron chi connectivity index (χ2n) is 7.09. The third-order valence-electron chi connectivity index (χ3n) is 4.85. The van der Waals surface area contributed by atoms with Crippen LogP contribution in [0.25, 0.3) is 0 Å². The first-order valence-electron chi connectivity index (χ1n) is 9.05. The van der Waals surface area contributed by atoms with Crippen LogP contribution in [0.4, 0.5) is 5.82 Å². The van der Waals surface area contributed by atoms with Crippen LogP contribution in [0.3, 0.4) is 0 Å². The van der Waals surface area contributed by atoms with Gasteiger partial charge >= 0.3 is 0 Å². The van der Waals surface area contributed by atoms with Crippen LogP contribution in [-0.4, -0.2) is 47.9 Å². The molecule has 2 heterocycles. The summed E-state index contributed by atoms with van der Waals surface area (Å²) in [6, 6.07) is 1.67. The maximum absolute atomic E-state index is 12.5. The highest BCUT2D eigenvalue weighted by Crippen LogP contribution is 2.19. The Morgan fingerprint density at radius 3 is 2.44 bits per heavy atom. The molecule has 3 rings (SSSR count). The second kappa shape index (κ2) is 7.68. The van der Waals surface area contributed by atoms with E-state index >= 15 is 0 Å². The van der Waals surface area contributed by atoms with Crippen LogP contribution in [0, 0.1) is 6.92 Å². The van der Waals surface area contributed by atoms with Crippen molar-refractivity contribution in [1.29, 1.82) is 0 Å². The molecule has 1 aliphatic carbocycles. The fourth-order valence-electron chi connectivity index (χ4n) is 3.56. The maximum Gasteiger partial charge on any atom is 0.270 e. The van der Waals surface area contributed by atoms with Crippen LogP contribution >= 0.6 is 0 Å². The third-order valence-corrected chi connectivity index (χ3v) is 6.61. The Hall–Kier alpha value is -1.70. The van der Waals surface area contributed by atoms with Crippen molar-refractivity contribution in [2.75, 3.05) is 16.8 Å². The number of nitrogens with one attached hydrogen (secondary N) is 2. The van der Waals surface area contributed by atoms with Gasteiger partial charge in [-0.3, -0.25) is 4.79 Å². The van der Waals surface area contributed by atoms with Gasteiger partial charge in [0.2, 0.25) is 0 Å². The van der Waals surface area contributed by atoms with Gasteiger partial charge in [-0.25, -0.2) is 18.4 Å². The van der Waals surface area contributed by atoms with Crippen LogP contribution in [0.1, 0.15) is 61.3 Å². The number of hydrogen-bond donors (Lipinski definition) is 2. The Bertz CT molecular complexity index is 727. The molecule has 1 aromatic heterocycles. The lowest BCUT2D eigenvalue weighted by Gasteiger charge is -2.17. The van der Waals surface area contributed by atoms with Gasteiger partial charge in [0.15, 0.2) is 9.84 Å². The van der Waals surface area contributed by atoms with Gasteiger partial charge in [-0.1, -0.05) is 25.7 Å². The van der Waals surface area contributed by atoms with Crippen LogP contribution < -0.4 is 10.6 Å². The molecule has 8 heteroatoms. The number of carbonyl (C=O) groups excluding carboxylic acids is 1. The molecule has 25 heavy (non-hydrogen) atoms. The molecule has 7 nitrogen and oxygen atoms in total. The van der Waals surface area contributed by atoms with Gasteiger partial charge < -0.3 is 10.6 Å². The minimum absolute atomic E-state index is 0.111. The summed E-state index contributed by atoms with van der Waals surface area (Å²) >= 11 is 0. The van der Waals surface area contributed by atoms with E-state index in [9.17, 15) is 13.2 Å². The number of aromatic nitrogens is 2. The highest BCUT2D eigenvalue weighted by Gasteiger charge is 2.28. The summed E-state index contributed by atoms with van der Waals surface area (Å²) in [4.78, 5) is 21.1. The Morgan fingerprint density at radius 1 is 1.08 bits per heavy atom. The van der Waals surface area contributed by atoms with Gasteiger partial charge in [-0.2, -0.15) is 0 Å². The summed E-state index contributed by atoms with van der Waals surface area (Å²) < 4.78 is 23.2. The van der Waals surface area contributed by atoms with Crippen LogP contribution in [0.15, 0.2) is 6.07 Å². The lowest BCUT2D eigenvalue weighted by Crippen LogP contribution is -2.35. The molecule has 0 bridgehead atoms. The zero-order valence-corrected chi connectivity index (χ0v) is 15.4. The van der Waals surface area contributed by atoms with Crippen LogP contribution in [0.2, 0.25) is 0 Å². The molecule has 1 unspecified atom stereocenters. The molecule has 1 aliphatic heterocycles. The molecule has 1 saturated carbocycles. The highest BCUT2D eigenvalue weighted by atomic mass is 32.2. The molecule has 1 atom stereocenters. The smallest absolute Gasteiger partial charge is 0.270 e. The normalized spacial score (nSPS) is 23.8. The molecule has 2 aliphatic rings. The molecule has 0 spiro atoms. The fourth-order valence-corrected chi connectivity index (χ4v) is 5.23. The van der Waals surface area contributed by atoms with Gasteiger partial charge in [-0.15, -0.1) is 0 Å². The quantitative estimate of drug-likeness (QED) is 0.789. The zero-order chi connectivity index (χ0) is 17.9. The summed E-state index contributed by atoms with van der Waals surface area (Å²) in [6.07, 6.45) is 7.36. The molecule has 2 N–H and O–H groups in total. The second-order valence-corrected chi connectivity index (χ2v) is 9.32. The van der Waals surface area contributed by atoms with Gasteiger partial charge in [0.1, 0.15) is 17.3 Å². The largest absolute Gasteiger partial charge is 0.366 e. The molecule has 1 saturated heterocycles. The number of aryl methyl sites for hydroxylation is 1. The van der Waals surface area contributed by atoms with E-state index in [2.05, 4.69) is 20.6 Å². The first kappa shape index (κ1) is 18.1. The minimum atomic E-state index is -2.96. The van der Waals surface area contributed by atoms with E-state index < -0.39 is 9.84 Å². The van der Waals surface area contributed by atoms with Crippen molar-refractivity contribution in [2.24, 2.45) is 0 Å². The van der Waals surface area contributed by atoms with Crippen molar-refractivity contribution in [3.8, 4) is 0 Å². The lowest BCUT2D eigenvalue weighted by molar-refractivity contribution is 0.0928. The number of sulfone groups is 1. The summed E-state index contributed by atoms with van der Waals surface area (Å²) in [5.74, 6) is 1.14. The highest BCUT2D eigenvalue weighted by molar-refractivity contribution is 7.91. The maximum atomic E-state index is 12.5. The fraction of sp³-hybridized carbons (Fsp3) is 0.706. The Balaban J connectivity index is 1.67. The number of anilines is 1. The summed E-state index contributed by atoms with van der Waals surface area (Å²) in [6.45, 7) is 1.74. The number of rotatable bonds is 4. The van der Waals surface area contributed by atoms with Crippen molar-refractivity contribution >= 4 is 21.6 Å². The SMILES string of the molecule is Cc1nc(NC2CCS(=O)(=O)C2)cc(C(=O)NC2CCCCCC2)n1. The molecule has 1 aromatic rings. The van der Waals surface area contributed by atoms with E-state index in [4.69, 9.17) is 0 Å². The van der Waals surface area contributed by atoms with Crippen LogP contribution in [-0.2, 0) is 9.84 Å². The molecule has 0 radical (unpaired) electrons. The first-order valence-corrected chi connectivity index (χ1v) is 10.9. The molecule has 2 fully saturated rings. The van der Waals surface area contributed by atoms with Gasteiger partial charge in [-0.05, 0) is 26.2 Å². The summed E-state index contributed by atoms with van der Waals surface area (Å²) in [5, 5.41) is 6.22. The Morgan fingerprint density at radius 2 is 1.80 bits per heavy atom. The first-order chi connectivity index (χ1) is 11.9. The number of nitrogens with zero attached hydrogens (tertiary/aromatic N) is 2. The Kier molecular flexibility index (Phi) is 5.56. The average molecular weight is 366 g/mol. The van der Waals surface area contributed by atoms with Gasteiger partial charge in [0.25, 0.3) is 5.91 Å². The predicted octanol–water partition coefficient (Wildman–Crippen LogP) is 1.84. The molecular weight excluding hydrogens is 340 g/mol. The van der Waals surface area contributed by atoms with Crippen LogP contribution in [0.5, 0.6) is 0 Å². The molecule has 1 amide bonds. The van der Waals surface area contributed by atoms with Gasteiger partial charge in [0.05, 0.1) is 11.5 Å². The van der Waals surface area contributed by atoms with Crippen molar-refractivity contribution in [2.45, 2.75) is 64.0 Å². The van der Waals surface area contributed by atoms with Crippen molar-refractivity contribution in [3.63, 3.8) is 0 Å².